The second kappa shape index (κ2) is 6.36. The summed E-state index contributed by atoms with van der Waals surface area (Å²) in [7, 11) is 0. The van der Waals surface area contributed by atoms with Crippen molar-refractivity contribution in [3.63, 3.8) is 0 Å². The summed E-state index contributed by atoms with van der Waals surface area (Å²) in [6.07, 6.45) is 3.11. The lowest BCUT2D eigenvalue weighted by Gasteiger charge is -2.07. The van der Waals surface area contributed by atoms with Crippen LogP contribution in [0.3, 0.4) is 0 Å². The number of H-pyrrole nitrogens is 1. The number of aromatic amines is 1. The third-order valence-electron chi connectivity index (χ3n) is 2.99. The number of nitrogens with zero attached hydrogens (tertiary/aromatic N) is 1. The molecule has 96 valence electrons. The van der Waals surface area contributed by atoms with Crippen molar-refractivity contribution in [2.75, 3.05) is 6.54 Å². The van der Waals surface area contributed by atoms with E-state index in [9.17, 15) is 0 Å². The fourth-order valence-corrected chi connectivity index (χ4v) is 1.91. The van der Waals surface area contributed by atoms with Crippen molar-refractivity contribution >= 4 is 0 Å². The highest BCUT2D eigenvalue weighted by molar-refractivity contribution is 5.62. The van der Waals surface area contributed by atoms with Crippen LogP contribution in [0.1, 0.15) is 25.8 Å². The van der Waals surface area contributed by atoms with Crippen molar-refractivity contribution in [2.24, 2.45) is 5.92 Å². The van der Waals surface area contributed by atoms with E-state index in [0.717, 1.165) is 24.7 Å². The van der Waals surface area contributed by atoms with Gasteiger partial charge in [0.25, 0.3) is 0 Å². The molecule has 3 heteroatoms. The standard InChI is InChI=1S/C15H21N3/c1-12(2)8-9-16-10-14-11-17-18-15(14)13-6-4-3-5-7-13/h3-7,11-12,16H,8-10H2,1-2H3,(H,17,18). The molecule has 0 radical (unpaired) electrons. The summed E-state index contributed by atoms with van der Waals surface area (Å²) in [5.74, 6) is 0.746. The molecule has 1 heterocycles. The van der Waals surface area contributed by atoms with Crippen LogP contribution in [0, 0.1) is 5.92 Å². The van der Waals surface area contributed by atoms with Crippen LogP contribution in [0.2, 0.25) is 0 Å². The molecule has 0 saturated carbocycles. The van der Waals surface area contributed by atoms with E-state index in [1.165, 1.54) is 17.5 Å². The predicted molar refractivity (Wildman–Crippen MR) is 75.2 cm³/mol. The molecule has 1 aromatic carbocycles. The lowest BCUT2D eigenvalue weighted by molar-refractivity contribution is 0.538. The molecule has 0 fully saturated rings. The van der Waals surface area contributed by atoms with Gasteiger partial charge in [0.1, 0.15) is 0 Å². The zero-order valence-electron chi connectivity index (χ0n) is 11.1. The molecule has 0 atom stereocenters. The fourth-order valence-electron chi connectivity index (χ4n) is 1.91. The van der Waals surface area contributed by atoms with Gasteiger partial charge in [0.2, 0.25) is 0 Å². The maximum absolute atomic E-state index is 4.15. The molecule has 0 bridgehead atoms. The van der Waals surface area contributed by atoms with Crippen LogP contribution in [-0.4, -0.2) is 16.7 Å². The Hall–Kier alpha value is -1.61. The zero-order valence-corrected chi connectivity index (χ0v) is 11.1. The molecule has 0 unspecified atom stereocenters. The summed E-state index contributed by atoms with van der Waals surface area (Å²) in [5.41, 5.74) is 3.54. The average Bonchev–Trinajstić information content (AvgIpc) is 2.84. The Bertz CT molecular complexity index is 460. The normalized spacial score (nSPS) is 11.1. The Morgan fingerprint density at radius 2 is 2.00 bits per heavy atom. The molecular weight excluding hydrogens is 222 g/mol. The van der Waals surface area contributed by atoms with E-state index in [-0.39, 0.29) is 0 Å². The first-order valence-corrected chi connectivity index (χ1v) is 6.55. The molecule has 18 heavy (non-hydrogen) atoms. The highest BCUT2D eigenvalue weighted by atomic mass is 15.1. The van der Waals surface area contributed by atoms with Crippen molar-refractivity contribution < 1.29 is 0 Å². The van der Waals surface area contributed by atoms with Crippen LogP contribution < -0.4 is 5.32 Å². The molecule has 3 nitrogen and oxygen atoms in total. The summed E-state index contributed by atoms with van der Waals surface area (Å²) < 4.78 is 0. The predicted octanol–water partition coefficient (Wildman–Crippen LogP) is 3.21. The number of aromatic nitrogens is 2. The monoisotopic (exact) mass is 243 g/mol. The lowest BCUT2D eigenvalue weighted by Crippen LogP contribution is -2.16. The number of rotatable bonds is 6. The first kappa shape index (κ1) is 12.8. The van der Waals surface area contributed by atoms with Gasteiger partial charge in [0.15, 0.2) is 0 Å². The largest absolute Gasteiger partial charge is 0.313 e. The molecule has 0 spiro atoms. The summed E-state index contributed by atoms with van der Waals surface area (Å²) in [6, 6.07) is 10.3. The Balaban J connectivity index is 1.96. The third-order valence-corrected chi connectivity index (χ3v) is 2.99. The summed E-state index contributed by atoms with van der Waals surface area (Å²) in [4.78, 5) is 0. The van der Waals surface area contributed by atoms with Crippen molar-refractivity contribution in [1.29, 1.82) is 0 Å². The van der Waals surface area contributed by atoms with E-state index in [4.69, 9.17) is 0 Å². The highest BCUT2D eigenvalue weighted by Crippen LogP contribution is 2.20. The van der Waals surface area contributed by atoms with Gasteiger partial charge in [0.05, 0.1) is 11.9 Å². The fraction of sp³-hybridized carbons (Fsp3) is 0.400. The lowest BCUT2D eigenvalue weighted by atomic mass is 10.1. The SMILES string of the molecule is CC(C)CCNCc1cn[nH]c1-c1ccccc1. The Labute approximate surface area is 109 Å². The van der Waals surface area contributed by atoms with E-state index >= 15 is 0 Å². The molecule has 2 rings (SSSR count). The van der Waals surface area contributed by atoms with Crippen LogP contribution in [-0.2, 0) is 6.54 Å². The van der Waals surface area contributed by atoms with Crippen LogP contribution in [0.4, 0.5) is 0 Å². The van der Waals surface area contributed by atoms with E-state index in [0.29, 0.717) is 0 Å². The van der Waals surface area contributed by atoms with Gasteiger partial charge in [-0.05, 0) is 24.4 Å². The van der Waals surface area contributed by atoms with Crippen LogP contribution >= 0.6 is 0 Å². The minimum atomic E-state index is 0.746. The maximum Gasteiger partial charge on any atom is 0.0695 e. The number of benzene rings is 1. The van der Waals surface area contributed by atoms with E-state index in [2.05, 4.69) is 41.5 Å². The van der Waals surface area contributed by atoms with Gasteiger partial charge < -0.3 is 5.32 Å². The molecule has 0 amide bonds. The molecule has 0 aliphatic carbocycles. The zero-order chi connectivity index (χ0) is 12.8. The van der Waals surface area contributed by atoms with E-state index < -0.39 is 0 Å². The molecule has 1 aromatic heterocycles. The van der Waals surface area contributed by atoms with Crippen molar-refractivity contribution in [3.05, 3.63) is 42.1 Å². The molecule has 2 N–H and O–H groups in total. The molecule has 0 aliphatic rings. The highest BCUT2D eigenvalue weighted by Gasteiger charge is 2.06. The topological polar surface area (TPSA) is 40.7 Å². The molecular formula is C15H21N3. The van der Waals surface area contributed by atoms with Gasteiger partial charge >= 0.3 is 0 Å². The number of hydrogen-bond acceptors (Lipinski definition) is 2. The van der Waals surface area contributed by atoms with Crippen molar-refractivity contribution in [2.45, 2.75) is 26.8 Å². The van der Waals surface area contributed by atoms with Crippen LogP contribution in [0.25, 0.3) is 11.3 Å². The van der Waals surface area contributed by atoms with Gasteiger partial charge in [-0.1, -0.05) is 44.2 Å². The molecule has 0 aliphatic heterocycles. The van der Waals surface area contributed by atoms with Crippen molar-refractivity contribution in [1.82, 2.24) is 15.5 Å². The van der Waals surface area contributed by atoms with Gasteiger partial charge in [0, 0.05) is 12.1 Å². The van der Waals surface area contributed by atoms with Crippen molar-refractivity contribution in [3.8, 4) is 11.3 Å². The number of nitrogens with one attached hydrogen (secondary N) is 2. The summed E-state index contributed by atoms with van der Waals surface area (Å²) >= 11 is 0. The first-order chi connectivity index (χ1) is 8.77. The smallest absolute Gasteiger partial charge is 0.0695 e. The third kappa shape index (κ3) is 3.44. The quantitative estimate of drug-likeness (QED) is 0.765. The molecule has 2 aromatic rings. The first-order valence-electron chi connectivity index (χ1n) is 6.55. The Morgan fingerprint density at radius 1 is 1.22 bits per heavy atom. The Morgan fingerprint density at radius 3 is 2.72 bits per heavy atom. The average molecular weight is 243 g/mol. The van der Waals surface area contributed by atoms with Crippen LogP contribution in [0.15, 0.2) is 36.5 Å². The minimum Gasteiger partial charge on any atom is -0.313 e. The minimum absolute atomic E-state index is 0.746. The van der Waals surface area contributed by atoms with Gasteiger partial charge in [-0.15, -0.1) is 0 Å². The molecule has 0 saturated heterocycles. The second-order valence-electron chi connectivity index (χ2n) is 5.00. The Kier molecular flexibility index (Phi) is 4.53. The van der Waals surface area contributed by atoms with Gasteiger partial charge in [-0.25, -0.2) is 0 Å². The van der Waals surface area contributed by atoms with E-state index in [1.54, 1.807) is 0 Å². The second-order valence-corrected chi connectivity index (χ2v) is 5.00. The van der Waals surface area contributed by atoms with Gasteiger partial charge in [-0.2, -0.15) is 5.10 Å². The van der Waals surface area contributed by atoms with E-state index in [1.807, 2.05) is 24.4 Å². The summed E-state index contributed by atoms with van der Waals surface area (Å²) in [6.45, 7) is 6.41. The maximum atomic E-state index is 4.15. The van der Waals surface area contributed by atoms with Gasteiger partial charge in [-0.3, -0.25) is 5.10 Å². The summed E-state index contributed by atoms with van der Waals surface area (Å²) in [5, 5.41) is 10.7. The number of hydrogen-bond donors (Lipinski definition) is 2. The van der Waals surface area contributed by atoms with Crippen LogP contribution in [0.5, 0.6) is 0 Å².